The van der Waals surface area contributed by atoms with Crippen molar-refractivity contribution >= 4 is 6.09 Å². The zero-order valence-corrected chi connectivity index (χ0v) is 8.95. The van der Waals surface area contributed by atoms with Gasteiger partial charge in [0.25, 0.3) is 0 Å². The van der Waals surface area contributed by atoms with Crippen LogP contribution in [0.15, 0.2) is 0 Å². The number of nitrogens with one attached hydrogen (secondary N) is 1. The first-order valence-corrected chi connectivity index (χ1v) is 4.98. The number of carbonyl (C=O) groups is 1. The molecule has 0 unspecified atom stereocenters. The molecule has 0 radical (unpaired) electrons. The van der Waals surface area contributed by atoms with Crippen molar-refractivity contribution in [1.82, 2.24) is 15.1 Å². The summed E-state index contributed by atoms with van der Waals surface area (Å²) < 4.78 is 4.92. The average Bonchev–Trinajstić information content (AvgIpc) is 2.21. The lowest BCUT2D eigenvalue weighted by Gasteiger charge is -2.31. The summed E-state index contributed by atoms with van der Waals surface area (Å²) in [5, 5.41) is 2.42. The van der Waals surface area contributed by atoms with Crippen LogP contribution in [0.5, 0.6) is 0 Å². The molecule has 0 aromatic carbocycles. The van der Waals surface area contributed by atoms with E-state index < -0.39 is 0 Å². The highest BCUT2D eigenvalue weighted by molar-refractivity contribution is 5.66. The number of nitrogens with zero attached hydrogens (tertiary/aromatic N) is 2. The smallest absolute Gasteiger partial charge is 0.406 e. The molecule has 0 aromatic heterocycles. The highest BCUT2D eigenvalue weighted by Crippen LogP contribution is 1.98. The van der Waals surface area contributed by atoms with E-state index in [1.807, 2.05) is 0 Å². The van der Waals surface area contributed by atoms with E-state index in [9.17, 15) is 4.79 Å². The molecule has 1 N–H and O–H groups in total. The van der Waals surface area contributed by atoms with E-state index in [2.05, 4.69) is 22.2 Å². The van der Waals surface area contributed by atoms with Crippen LogP contribution in [0.1, 0.15) is 0 Å². The fourth-order valence-corrected chi connectivity index (χ4v) is 1.41. The van der Waals surface area contributed by atoms with Gasteiger partial charge in [-0.3, -0.25) is 4.90 Å². The van der Waals surface area contributed by atoms with E-state index in [1.54, 1.807) is 7.05 Å². The Morgan fingerprint density at radius 3 is 2.57 bits per heavy atom. The monoisotopic (exact) mass is 201 g/mol. The van der Waals surface area contributed by atoms with E-state index in [0.717, 1.165) is 32.7 Å². The quantitative estimate of drug-likeness (QED) is 0.674. The van der Waals surface area contributed by atoms with Crippen molar-refractivity contribution in [1.29, 1.82) is 0 Å². The Bertz CT molecular complexity index is 179. The van der Waals surface area contributed by atoms with Crippen molar-refractivity contribution in [3.05, 3.63) is 0 Å². The third kappa shape index (κ3) is 3.93. The van der Waals surface area contributed by atoms with Gasteiger partial charge in [-0.1, -0.05) is 0 Å². The molecule has 1 saturated heterocycles. The Hall–Kier alpha value is -0.810. The molecule has 0 aliphatic carbocycles. The van der Waals surface area contributed by atoms with E-state index in [1.165, 1.54) is 0 Å². The van der Waals surface area contributed by atoms with Gasteiger partial charge in [-0.15, -0.1) is 0 Å². The maximum absolute atomic E-state index is 10.7. The molecule has 0 saturated carbocycles. The Morgan fingerprint density at radius 2 is 2.00 bits per heavy atom. The molecule has 0 bridgehead atoms. The Kier molecular flexibility index (Phi) is 4.69. The van der Waals surface area contributed by atoms with Crippen LogP contribution in [0.25, 0.3) is 0 Å². The minimum atomic E-state index is -0.348. The molecule has 0 spiro atoms. The largest absolute Gasteiger partial charge is 0.448 e. The van der Waals surface area contributed by atoms with Crippen LogP contribution >= 0.6 is 0 Å². The highest BCUT2D eigenvalue weighted by Gasteiger charge is 2.13. The maximum atomic E-state index is 10.7. The molecule has 1 amide bonds. The van der Waals surface area contributed by atoms with Crippen LogP contribution in [-0.4, -0.2) is 69.3 Å². The average molecular weight is 201 g/mol. The second kappa shape index (κ2) is 5.82. The summed E-state index contributed by atoms with van der Waals surface area (Å²) in [5.41, 5.74) is 0. The molecule has 1 heterocycles. The second-order valence-corrected chi connectivity index (χ2v) is 3.53. The maximum Gasteiger partial charge on any atom is 0.406 e. The van der Waals surface area contributed by atoms with Gasteiger partial charge in [0, 0.05) is 39.8 Å². The van der Waals surface area contributed by atoms with Gasteiger partial charge < -0.3 is 15.0 Å². The summed E-state index contributed by atoms with van der Waals surface area (Å²) in [6.45, 7) is 5.63. The molecule has 1 fully saturated rings. The minimum Gasteiger partial charge on any atom is -0.448 e. The van der Waals surface area contributed by atoms with Crippen molar-refractivity contribution in [3.63, 3.8) is 0 Å². The van der Waals surface area contributed by atoms with Gasteiger partial charge in [0.1, 0.15) is 6.61 Å². The van der Waals surface area contributed by atoms with Gasteiger partial charge in [0.05, 0.1) is 0 Å². The van der Waals surface area contributed by atoms with Crippen LogP contribution in [0.2, 0.25) is 0 Å². The topological polar surface area (TPSA) is 44.8 Å². The fraction of sp³-hybridized carbons (Fsp3) is 0.889. The third-order valence-corrected chi connectivity index (χ3v) is 2.44. The molecule has 0 atom stereocenters. The number of alkyl carbamates (subject to hydrolysis) is 1. The molecule has 1 rings (SSSR count). The molecular weight excluding hydrogens is 182 g/mol. The van der Waals surface area contributed by atoms with Crippen molar-refractivity contribution in [2.75, 3.05) is 53.4 Å². The van der Waals surface area contributed by atoms with E-state index >= 15 is 0 Å². The zero-order chi connectivity index (χ0) is 10.4. The van der Waals surface area contributed by atoms with Gasteiger partial charge in [0.15, 0.2) is 0 Å². The number of likely N-dealkylation sites (N-methyl/N-ethyl adjacent to an activating group) is 1. The summed E-state index contributed by atoms with van der Waals surface area (Å²) in [4.78, 5) is 15.4. The molecule has 1 aliphatic heterocycles. The molecular formula is C9H19N3O2. The first kappa shape index (κ1) is 11.3. The van der Waals surface area contributed by atoms with Crippen LogP contribution in [0, 0.1) is 0 Å². The standard InChI is InChI=1S/C9H19N3O2/c1-10-9(13)14-8-7-12-5-3-11(2)4-6-12/h3-8H2,1-2H3,(H,10,13). The summed E-state index contributed by atoms with van der Waals surface area (Å²) >= 11 is 0. The lowest BCUT2D eigenvalue weighted by molar-refractivity contribution is 0.105. The lowest BCUT2D eigenvalue weighted by Crippen LogP contribution is -2.45. The summed E-state index contributed by atoms with van der Waals surface area (Å²) in [7, 11) is 3.69. The van der Waals surface area contributed by atoms with Crippen molar-refractivity contribution in [3.8, 4) is 0 Å². The van der Waals surface area contributed by atoms with Gasteiger partial charge in [-0.05, 0) is 7.05 Å². The van der Waals surface area contributed by atoms with Gasteiger partial charge in [-0.2, -0.15) is 0 Å². The Morgan fingerprint density at radius 1 is 1.36 bits per heavy atom. The number of carbonyl (C=O) groups excluding carboxylic acids is 1. The first-order chi connectivity index (χ1) is 6.72. The predicted molar refractivity (Wildman–Crippen MR) is 54.3 cm³/mol. The summed E-state index contributed by atoms with van der Waals surface area (Å²) in [6, 6.07) is 0. The van der Waals surface area contributed by atoms with Gasteiger partial charge in [-0.25, -0.2) is 4.79 Å². The molecule has 1 aliphatic rings. The van der Waals surface area contributed by atoms with E-state index in [-0.39, 0.29) is 6.09 Å². The SMILES string of the molecule is CNC(=O)OCCN1CCN(C)CC1. The minimum absolute atomic E-state index is 0.348. The third-order valence-electron chi connectivity index (χ3n) is 2.44. The number of piperazine rings is 1. The molecule has 14 heavy (non-hydrogen) atoms. The van der Waals surface area contributed by atoms with Gasteiger partial charge in [0.2, 0.25) is 0 Å². The van der Waals surface area contributed by atoms with Crippen molar-refractivity contribution in [2.24, 2.45) is 0 Å². The summed E-state index contributed by atoms with van der Waals surface area (Å²) in [6.07, 6.45) is -0.348. The number of hydrogen-bond donors (Lipinski definition) is 1. The van der Waals surface area contributed by atoms with Crippen LogP contribution in [0.3, 0.4) is 0 Å². The van der Waals surface area contributed by atoms with Crippen molar-refractivity contribution < 1.29 is 9.53 Å². The predicted octanol–water partition coefficient (Wildman–Crippen LogP) is -0.410. The van der Waals surface area contributed by atoms with Crippen molar-refractivity contribution in [2.45, 2.75) is 0 Å². The van der Waals surface area contributed by atoms with E-state index in [4.69, 9.17) is 4.74 Å². The Labute approximate surface area is 85.0 Å². The fourth-order valence-electron chi connectivity index (χ4n) is 1.41. The molecule has 5 heteroatoms. The number of hydrogen-bond acceptors (Lipinski definition) is 4. The van der Waals surface area contributed by atoms with Crippen LogP contribution in [-0.2, 0) is 4.74 Å². The molecule has 0 aromatic rings. The Balaban J connectivity index is 2.04. The lowest BCUT2D eigenvalue weighted by atomic mass is 10.3. The highest BCUT2D eigenvalue weighted by atomic mass is 16.5. The van der Waals surface area contributed by atoms with Crippen LogP contribution < -0.4 is 5.32 Å². The van der Waals surface area contributed by atoms with Crippen LogP contribution in [0.4, 0.5) is 4.79 Å². The molecule has 82 valence electrons. The normalized spacial score (nSPS) is 19.3. The summed E-state index contributed by atoms with van der Waals surface area (Å²) in [5.74, 6) is 0. The zero-order valence-electron chi connectivity index (χ0n) is 8.95. The second-order valence-electron chi connectivity index (χ2n) is 3.53. The number of ether oxygens (including phenoxy) is 1. The van der Waals surface area contributed by atoms with Gasteiger partial charge >= 0.3 is 6.09 Å². The first-order valence-electron chi connectivity index (χ1n) is 4.98. The number of rotatable bonds is 3. The van der Waals surface area contributed by atoms with E-state index in [0.29, 0.717) is 6.61 Å². The number of amides is 1. The molecule has 5 nitrogen and oxygen atoms in total.